The van der Waals surface area contributed by atoms with E-state index >= 15 is 0 Å². The van der Waals surface area contributed by atoms with Gasteiger partial charge in [0.05, 0.1) is 5.69 Å². The minimum absolute atomic E-state index is 0.0873. The van der Waals surface area contributed by atoms with Crippen molar-refractivity contribution in [2.24, 2.45) is 0 Å². The SMILES string of the molecule is O=c1c2[nH]c3ccccc3c2nc(SCc2ccc(Br)cc2)n1-c1ccccc1. The predicted octanol–water partition coefficient (Wildman–Crippen LogP) is 5.92. The lowest BCUT2D eigenvalue weighted by Gasteiger charge is -2.12. The lowest BCUT2D eigenvalue weighted by Crippen LogP contribution is -2.21. The molecular formula is C23H16BrN3OS. The molecule has 2 aromatic heterocycles. The van der Waals surface area contributed by atoms with Crippen LogP contribution in [-0.2, 0) is 5.75 Å². The summed E-state index contributed by atoms with van der Waals surface area (Å²) in [6, 6.07) is 25.8. The second-order valence-electron chi connectivity index (χ2n) is 6.68. The topological polar surface area (TPSA) is 50.7 Å². The van der Waals surface area contributed by atoms with E-state index < -0.39 is 0 Å². The van der Waals surface area contributed by atoms with Gasteiger partial charge >= 0.3 is 0 Å². The maximum atomic E-state index is 13.4. The third-order valence-corrected chi connectivity index (χ3v) is 6.33. The van der Waals surface area contributed by atoms with Crippen LogP contribution in [0.1, 0.15) is 5.56 Å². The Hall–Kier alpha value is -2.83. The summed E-state index contributed by atoms with van der Waals surface area (Å²) in [4.78, 5) is 21.6. The van der Waals surface area contributed by atoms with Gasteiger partial charge in [-0.25, -0.2) is 4.98 Å². The highest BCUT2D eigenvalue weighted by atomic mass is 79.9. The van der Waals surface area contributed by atoms with Crippen LogP contribution in [0.4, 0.5) is 0 Å². The Labute approximate surface area is 179 Å². The molecule has 0 amide bonds. The summed E-state index contributed by atoms with van der Waals surface area (Å²) in [6.45, 7) is 0. The number of thioether (sulfide) groups is 1. The molecule has 0 saturated carbocycles. The van der Waals surface area contributed by atoms with Gasteiger partial charge in [-0.05, 0) is 35.9 Å². The Balaban J connectivity index is 1.69. The monoisotopic (exact) mass is 461 g/mol. The van der Waals surface area contributed by atoms with Crippen molar-refractivity contribution in [2.45, 2.75) is 10.9 Å². The lowest BCUT2D eigenvalue weighted by atomic mass is 10.2. The van der Waals surface area contributed by atoms with Crippen molar-refractivity contribution in [1.29, 1.82) is 0 Å². The zero-order valence-corrected chi connectivity index (χ0v) is 17.7. The molecule has 5 rings (SSSR count). The molecule has 0 saturated heterocycles. The van der Waals surface area contributed by atoms with Gasteiger partial charge in [-0.1, -0.05) is 76.2 Å². The molecule has 29 heavy (non-hydrogen) atoms. The summed E-state index contributed by atoms with van der Waals surface area (Å²) in [5.41, 5.74) is 4.06. The number of nitrogens with zero attached hydrogens (tertiary/aromatic N) is 2. The van der Waals surface area contributed by atoms with Crippen molar-refractivity contribution in [2.75, 3.05) is 0 Å². The highest BCUT2D eigenvalue weighted by Crippen LogP contribution is 2.28. The van der Waals surface area contributed by atoms with E-state index in [-0.39, 0.29) is 5.56 Å². The van der Waals surface area contributed by atoms with Crippen LogP contribution in [0.3, 0.4) is 0 Å². The van der Waals surface area contributed by atoms with E-state index in [4.69, 9.17) is 4.98 Å². The molecule has 4 nitrogen and oxygen atoms in total. The normalized spacial score (nSPS) is 11.3. The Morgan fingerprint density at radius 3 is 2.45 bits per heavy atom. The Morgan fingerprint density at radius 2 is 1.66 bits per heavy atom. The third-order valence-electron chi connectivity index (χ3n) is 4.79. The van der Waals surface area contributed by atoms with Crippen LogP contribution in [-0.4, -0.2) is 14.5 Å². The maximum Gasteiger partial charge on any atom is 0.283 e. The van der Waals surface area contributed by atoms with Gasteiger partial charge in [-0.2, -0.15) is 0 Å². The summed E-state index contributed by atoms with van der Waals surface area (Å²) < 4.78 is 2.74. The Kier molecular flexibility index (Phi) is 4.73. The number of rotatable bonds is 4. The average molecular weight is 462 g/mol. The smallest absolute Gasteiger partial charge is 0.283 e. The zero-order valence-electron chi connectivity index (χ0n) is 15.3. The van der Waals surface area contributed by atoms with Crippen molar-refractivity contribution >= 4 is 49.6 Å². The van der Waals surface area contributed by atoms with Gasteiger partial charge < -0.3 is 4.98 Å². The fourth-order valence-electron chi connectivity index (χ4n) is 3.37. The number of benzene rings is 3. The fourth-order valence-corrected chi connectivity index (χ4v) is 4.60. The molecule has 0 unspecified atom stereocenters. The van der Waals surface area contributed by atoms with E-state index in [1.807, 2.05) is 66.7 Å². The van der Waals surface area contributed by atoms with Gasteiger partial charge in [0.2, 0.25) is 0 Å². The number of hydrogen-bond acceptors (Lipinski definition) is 3. The molecule has 0 aliphatic carbocycles. The van der Waals surface area contributed by atoms with E-state index in [2.05, 4.69) is 33.0 Å². The number of hydrogen-bond donors (Lipinski definition) is 1. The van der Waals surface area contributed by atoms with E-state index in [9.17, 15) is 4.79 Å². The van der Waals surface area contributed by atoms with Crippen molar-refractivity contribution in [1.82, 2.24) is 14.5 Å². The van der Waals surface area contributed by atoms with Gasteiger partial charge in [0, 0.05) is 21.1 Å². The van der Waals surface area contributed by atoms with Crippen LogP contribution in [0.5, 0.6) is 0 Å². The Morgan fingerprint density at radius 1 is 0.931 bits per heavy atom. The summed E-state index contributed by atoms with van der Waals surface area (Å²) in [7, 11) is 0. The number of H-pyrrole nitrogens is 1. The molecule has 0 aliphatic heterocycles. The summed E-state index contributed by atoms with van der Waals surface area (Å²) >= 11 is 5.04. The zero-order chi connectivity index (χ0) is 19.8. The molecule has 6 heteroatoms. The molecule has 0 spiro atoms. The molecule has 5 aromatic rings. The van der Waals surface area contributed by atoms with Crippen molar-refractivity contribution in [3.8, 4) is 5.69 Å². The van der Waals surface area contributed by atoms with Gasteiger partial charge in [0.15, 0.2) is 5.16 Å². The van der Waals surface area contributed by atoms with Crippen molar-refractivity contribution in [3.63, 3.8) is 0 Å². The number of halogens is 1. The number of fused-ring (bicyclic) bond motifs is 3. The second-order valence-corrected chi connectivity index (χ2v) is 8.54. The molecule has 1 N–H and O–H groups in total. The molecule has 142 valence electrons. The van der Waals surface area contributed by atoms with Crippen LogP contribution in [0.15, 0.2) is 93.3 Å². The first-order chi connectivity index (χ1) is 14.2. The number of aromatic amines is 1. The molecule has 3 aromatic carbocycles. The quantitative estimate of drug-likeness (QED) is 0.266. The first-order valence-corrected chi connectivity index (χ1v) is 10.9. The minimum atomic E-state index is -0.0873. The van der Waals surface area contributed by atoms with Crippen molar-refractivity contribution < 1.29 is 0 Å². The maximum absolute atomic E-state index is 13.4. The van der Waals surface area contributed by atoms with Crippen LogP contribution < -0.4 is 5.56 Å². The van der Waals surface area contributed by atoms with E-state index in [1.54, 1.807) is 16.3 Å². The predicted molar refractivity (Wildman–Crippen MR) is 123 cm³/mol. The van der Waals surface area contributed by atoms with Gasteiger partial charge in [-0.15, -0.1) is 0 Å². The van der Waals surface area contributed by atoms with Gasteiger partial charge in [-0.3, -0.25) is 9.36 Å². The minimum Gasteiger partial charge on any atom is -0.349 e. The number of para-hydroxylation sites is 2. The molecule has 2 heterocycles. The van der Waals surface area contributed by atoms with E-state index in [0.29, 0.717) is 10.7 Å². The Bertz CT molecular complexity index is 1370. The number of aromatic nitrogens is 3. The van der Waals surface area contributed by atoms with Crippen LogP contribution in [0.2, 0.25) is 0 Å². The highest BCUT2D eigenvalue weighted by molar-refractivity contribution is 9.10. The first-order valence-electron chi connectivity index (χ1n) is 9.17. The molecular weight excluding hydrogens is 446 g/mol. The molecule has 0 radical (unpaired) electrons. The fraction of sp³-hybridized carbons (Fsp3) is 0.0435. The van der Waals surface area contributed by atoms with Crippen LogP contribution in [0.25, 0.3) is 27.6 Å². The van der Waals surface area contributed by atoms with Crippen LogP contribution >= 0.6 is 27.7 Å². The summed E-state index contributed by atoms with van der Waals surface area (Å²) in [5, 5.41) is 1.65. The first kappa shape index (κ1) is 18.2. The molecule has 0 fully saturated rings. The number of nitrogens with one attached hydrogen (secondary N) is 1. The van der Waals surface area contributed by atoms with Crippen LogP contribution in [0, 0.1) is 0 Å². The average Bonchev–Trinajstić information content (AvgIpc) is 3.13. The van der Waals surface area contributed by atoms with Gasteiger partial charge in [0.1, 0.15) is 11.0 Å². The molecule has 0 aliphatic rings. The second kappa shape index (κ2) is 7.54. The summed E-state index contributed by atoms with van der Waals surface area (Å²) in [6.07, 6.45) is 0. The summed E-state index contributed by atoms with van der Waals surface area (Å²) in [5.74, 6) is 0.723. The molecule has 0 bridgehead atoms. The largest absolute Gasteiger partial charge is 0.349 e. The standard InChI is InChI=1S/C23H16BrN3OS/c24-16-12-10-15(11-13-16)14-29-23-26-20-18-8-4-5-9-19(18)25-21(20)22(28)27(23)17-6-2-1-3-7-17/h1-13,25H,14H2. The van der Waals surface area contributed by atoms with Gasteiger partial charge in [0.25, 0.3) is 5.56 Å². The highest BCUT2D eigenvalue weighted by Gasteiger charge is 2.17. The third kappa shape index (κ3) is 3.39. The lowest BCUT2D eigenvalue weighted by molar-refractivity contribution is 0.819. The molecule has 0 atom stereocenters. The van der Waals surface area contributed by atoms with E-state index in [1.165, 1.54) is 5.56 Å². The van der Waals surface area contributed by atoms with E-state index in [0.717, 1.165) is 32.3 Å². The van der Waals surface area contributed by atoms with Crippen molar-refractivity contribution in [3.05, 3.63) is 99.3 Å².